The largest absolute Gasteiger partial charge is 0.486 e. The van der Waals surface area contributed by atoms with E-state index in [1.165, 1.54) is 0 Å². The van der Waals surface area contributed by atoms with Gasteiger partial charge in [-0.05, 0) is 50.0 Å². The molecule has 0 saturated heterocycles. The van der Waals surface area contributed by atoms with Gasteiger partial charge in [0, 0.05) is 11.1 Å². The summed E-state index contributed by atoms with van der Waals surface area (Å²) in [4.78, 5) is 29.5. The minimum atomic E-state index is -1.12. The number of nitrogens with zero attached hydrogens (tertiary/aromatic N) is 1. The number of carbonyl (C=O) groups is 2. The Morgan fingerprint density at radius 1 is 1.25 bits per heavy atom. The fraction of sp³-hybridized carbons (Fsp3) is 0.444. The van der Waals surface area contributed by atoms with Gasteiger partial charge in [-0.25, -0.2) is 4.79 Å². The van der Waals surface area contributed by atoms with Crippen molar-refractivity contribution in [1.82, 2.24) is 10.3 Å². The van der Waals surface area contributed by atoms with E-state index in [1.54, 1.807) is 25.1 Å². The summed E-state index contributed by atoms with van der Waals surface area (Å²) in [5.41, 5.74) is 7.77. The molecule has 9 nitrogen and oxygen atoms in total. The summed E-state index contributed by atoms with van der Waals surface area (Å²) in [6, 6.07) is 4.82. The van der Waals surface area contributed by atoms with Gasteiger partial charge in [-0.3, -0.25) is 9.78 Å². The summed E-state index contributed by atoms with van der Waals surface area (Å²) in [5.74, 6) is -0.117. The number of nitrogens with two attached hydrogens (primary N) is 1. The average Bonchev–Trinajstić information content (AvgIpc) is 2.85. The van der Waals surface area contributed by atoms with Crippen molar-refractivity contribution < 1.29 is 28.9 Å². The zero-order chi connectivity index (χ0) is 26.0. The second kappa shape index (κ2) is 10.2. The molecule has 1 aromatic heterocycles. The monoisotopic (exact) mass is 495 g/mol. The fourth-order valence-corrected chi connectivity index (χ4v) is 4.72. The second-order valence-electron chi connectivity index (χ2n) is 9.50. The Balaban J connectivity index is 1.57. The Hall–Kier alpha value is -3.59. The number of amides is 1. The van der Waals surface area contributed by atoms with Gasteiger partial charge in [0.05, 0.1) is 29.7 Å². The number of aryl methyl sites for hydroxylation is 1. The number of pyridine rings is 1. The van der Waals surface area contributed by atoms with E-state index in [4.69, 9.17) is 19.9 Å². The molecule has 1 aliphatic heterocycles. The Kier molecular flexibility index (Phi) is 7.21. The van der Waals surface area contributed by atoms with E-state index in [1.807, 2.05) is 32.9 Å². The summed E-state index contributed by atoms with van der Waals surface area (Å²) in [7, 11) is 0. The zero-order valence-corrected chi connectivity index (χ0v) is 21.1. The number of aromatic carboxylic acids is 1. The SMILES string of the molecule is CCC1(OCC(NC(=O)c2ccc3c(c2)OCCO3)C(C)C)CC=Cc2nc(C)c(C(=O)O)c(N)c21. The molecule has 4 N–H and O–H groups in total. The predicted molar refractivity (Wildman–Crippen MR) is 135 cm³/mol. The molecule has 0 bridgehead atoms. The molecule has 0 saturated carbocycles. The Morgan fingerprint density at radius 3 is 2.64 bits per heavy atom. The molecular formula is C27H33N3O6. The Labute approximate surface area is 210 Å². The molecule has 2 aliphatic rings. The van der Waals surface area contributed by atoms with Gasteiger partial charge < -0.3 is 30.4 Å². The standard InChI is InChI=1S/C27H33N3O6/c1-5-27(10-6-7-18-23(27)24(28)22(26(32)33)16(4)29-18)36-14-19(15(2)3)30-25(31)17-8-9-20-21(13-17)35-12-11-34-20/h6-9,13,15,19H,5,10-12,14H2,1-4H3,(H2,28,29)(H,30,31)(H,32,33). The summed E-state index contributed by atoms with van der Waals surface area (Å²) in [5, 5.41) is 12.8. The van der Waals surface area contributed by atoms with Crippen molar-refractivity contribution in [1.29, 1.82) is 0 Å². The number of benzene rings is 1. The highest BCUT2D eigenvalue weighted by atomic mass is 16.6. The molecular weight excluding hydrogens is 462 g/mol. The van der Waals surface area contributed by atoms with Gasteiger partial charge in [0.15, 0.2) is 11.5 Å². The molecule has 192 valence electrons. The summed E-state index contributed by atoms with van der Waals surface area (Å²) in [6.07, 6.45) is 4.90. The molecule has 0 radical (unpaired) electrons. The number of carbonyl (C=O) groups excluding carboxylic acids is 1. The zero-order valence-electron chi connectivity index (χ0n) is 21.1. The van der Waals surface area contributed by atoms with Crippen molar-refractivity contribution >= 4 is 23.6 Å². The molecule has 1 amide bonds. The first-order valence-corrected chi connectivity index (χ1v) is 12.2. The first kappa shape index (κ1) is 25.5. The van der Waals surface area contributed by atoms with Crippen LogP contribution in [0.2, 0.25) is 0 Å². The number of rotatable bonds is 8. The number of nitrogens with one attached hydrogen (secondary N) is 1. The maximum atomic E-state index is 13.1. The normalized spacial score (nSPS) is 19.0. The van der Waals surface area contributed by atoms with Crippen LogP contribution in [0.25, 0.3) is 6.08 Å². The van der Waals surface area contributed by atoms with Crippen LogP contribution in [0.5, 0.6) is 11.5 Å². The number of aromatic nitrogens is 1. The van der Waals surface area contributed by atoms with Crippen molar-refractivity contribution in [3.8, 4) is 11.5 Å². The van der Waals surface area contributed by atoms with E-state index in [9.17, 15) is 14.7 Å². The highest BCUT2D eigenvalue weighted by Gasteiger charge is 2.40. The number of hydrogen-bond donors (Lipinski definition) is 3. The highest BCUT2D eigenvalue weighted by molar-refractivity contribution is 5.96. The van der Waals surface area contributed by atoms with E-state index in [-0.39, 0.29) is 35.7 Å². The minimum Gasteiger partial charge on any atom is -0.486 e. The molecule has 2 unspecified atom stereocenters. The van der Waals surface area contributed by atoms with Gasteiger partial charge in [-0.2, -0.15) is 0 Å². The molecule has 0 spiro atoms. The first-order valence-electron chi connectivity index (χ1n) is 12.2. The number of nitrogen functional groups attached to an aromatic ring is 1. The summed E-state index contributed by atoms with van der Waals surface area (Å²) in [6.45, 7) is 8.76. The van der Waals surface area contributed by atoms with Gasteiger partial charge in [-0.15, -0.1) is 0 Å². The fourth-order valence-electron chi connectivity index (χ4n) is 4.72. The van der Waals surface area contributed by atoms with Crippen molar-refractivity contribution in [2.75, 3.05) is 25.6 Å². The van der Waals surface area contributed by atoms with Crippen molar-refractivity contribution in [3.63, 3.8) is 0 Å². The topological polar surface area (TPSA) is 133 Å². The van der Waals surface area contributed by atoms with Crippen LogP contribution in [0.3, 0.4) is 0 Å². The highest BCUT2D eigenvalue weighted by Crippen LogP contribution is 2.44. The quantitative estimate of drug-likeness (QED) is 0.502. The van der Waals surface area contributed by atoms with Crippen molar-refractivity contribution in [2.45, 2.75) is 52.2 Å². The van der Waals surface area contributed by atoms with Crippen LogP contribution < -0.4 is 20.5 Å². The molecule has 9 heteroatoms. The molecule has 1 aromatic carbocycles. The molecule has 2 atom stereocenters. The van der Waals surface area contributed by atoms with Gasteiger partial charge in [0.1, 0.15) is 24.4 Å². The molecule has 1 aliphatic carbocycles. The smallest absolute Gasteiger partial charge is 0.339 e. The third kappa shape index (κ3) is 4.75. The lowest BCUT2D eigenvalue weighted by Crippen LogP contribution is -2.45. The molecule has 4 rings (SSSR count). The van der Waals surface area contributed by atoms with Crippen LogP contribution in [0.4, 0.5) is 5.69 Å². The van der Waals surface area contributed by atoms with Crippen molar-refractivity contribution in [3.05, 3.63) is 52.4 Å². The number of ether oxygens (including phenoxy) is 3. The van der Waals surface area contributed by atoms with Crippen LogP contribution in [0.15, 0.2) is 24.3 Å². The van der Waals surface area contributed by atoms with E-state index in [2.05, 4.69) is 10.3 Å². The Bertz CT molecular complexity index is 1210. The number of carboxylic acids is 1. The predicted octanol–water partition coefficient (Wildman–Crippen LogP) is 3.94. The molecule has 36 heavy (non-hydrogen) atoms. The van der Waals surface area contributed by atoms with Gasteiger partial charge >= 0.3 is 5.97 Å². The lowest BCUT2D eigenvalue weighted by atomic mass is 9.80. The van der Waals surface area contributed by atoms with E-state index in [0.717, 1.165) is 0 Å². The van der Waals surface area contributed by atoms with Crippen LogP contribution in [-0.4, -0.2) is 47.8 Å². The van der Waals surface area contributed by atoms with Gasteiger partial charge in [0.25, 0.3) is 5.91 Å². The van der Waals surface area contributed by atoms with Crippen LogP contribution in [0, 0.1) is 12.8 Å². The molecule has 0 fully saturated rings. The summed E-state index contributed by atoms with van der Waals surface area (Å²) >= 11 is 0. The van der Waals surface area contributed by atoms with Crippen LogP contribution in [0.1, 0.15) is 71.3 Å². The minimum absolute atomic E-state index is 0.00204. The number of anilines is 1. The van der Waals surface area contributed by atoms with E-state index < -0.39 is 11.6 Å². The molecule has 2 aromatic rings. The van der Waals surface area contributed by atoms with Crippen LogP contribution >= 0.6 is 0 Å². The maximum Gasteiger partial charge on any atom is 0.339 e. The lowest BCUT2D eigenvalue weighted by molar-refractivity contribution is -0.0648. The Morgan fingerprint density at radius 2 is 1.97 bits per heavy atom. The molecule has 2 heterocycles. The summed E-state index contributed by atoms with van der Waals surface area (Å²) < 4.78 is 17.7. The van der Waals surface area contributed by atoms with E-state index >= 15 is 0 Å². The van der Waals surface area contributed by atoms with Gasteiger partial charge in [-0.1, -0.05) is 26.8 Å². The third-order valence-corrected chi connectivity index (χ3v) is 6.87. The third-order valence-electron chi connectivity index (χ3n) is 6.87. The van der Waals surface area contributed by atoms with Crippen molar-refractivity contribution in [2.24, 2.45) is 5.92 Å². The van der Waals surface area contributed by atoms with E-state index in [0.29, 0.717) is 60.1 Å². The van der Waals surface area contributed by atoms with Crippen LogP contribution in [-0.2, 0) is 10.3 Å². The number of fused-ring (bicyclic) bond motifs is 2. The first-order chi connectivity index (χ1) is 17.2. The van der Waals surface area contributed by atoms with Gasteiger partial charge in [0.2, 0.25) is 0 Å². The second-order valence-corrected chi connectivity index (χ2v) is 9.50. The number of carboxylic acid groups (broad SMARTS) is 1. The maximum absolute atomic E-state index is 13.1. The lowest BCUT2D eigenvalue weighted by Gasteiger charge is -2.38. The number of hydrogen-bond acceptors (Lipinski definition) is 7. The average molecular weight is 496 g/mol.